The Hall–Kier alpha value is -2.57. The number of piperidine rings is 1. The molecule has 3 N–H and O–H groups in total. The summed E-state index contributed by atoms with van der Waals surface area (Å²) in [5.41, 5.74) is 0.959. The molecule has 0 atom stereocenters. The number of nitrogens with zero attached hydrogens (tertiary/aromatic N) is 1. The van der Waals surface area contributed by atoms with Crippen molar-refractivity contribution in [1.29, 1.82) is 0 Å². The zero-order chi connectivity index (χ0) is 21.2. The van der Waals surface area contributed by atoms with Gasteiger partial charge in [-0.15, -0.1) is 0 Å². The van der Waals surface area contributed by atoms with Crippen molar-refractivity contribution < 1.29 is 14.4 Å². The molecule has 29 heavy (non-hydrogen) atoms. The van der Waals surface area contributed by atoms with Gasteiger partial charge in [0.2, 0.25) is 5.91 Å². The number of nitrogens with one attached hydrogen (secondary N) is 3. The van der Waals surface area contributed by atoms with Crippen LogP contribution in [0, 0.1) is 5.92 Å². The molecule has 0 aliphatic carbocycles. The van der Waals surface area contributed by atoms with Gasteiger partial charge in [0.25, 0.3) is 5.91 Å². The lowest BCUT2D eigenvalue weighted by molar-refractivity contribution is -0.126. The molecular formula is C22H34N4O3. The van der Waals surface area contributed by atoms with Crippen LogP contribution in [-0.4, -0.2) is 48.4 Å². The number of hydrogen-bond acceptors (Lipinski definition) is 3. The van der Waals surface area contributed by atoms with E-state index in [2.05, 4.69) is 22.9 Å². The lowest BCUT2D eigenvalue weighted by atomic mass is 9.95. The molecule has 1 aliphatic heterocycles. The van der Waals surface area contributed by atoms with Gasteiger partial charge in [0, 0.05) is 31.6 Å². The third-order valence-corrected chi connectivity index (χ3v) is 5.06. The van der Waals surface area contributed by atoms with E-state index < -0.39 is 0 Å². The van der Waals surface area contributed by atoms with Crippen molar-refractivity contribution in [3.63, 3.8) is 0 Å². The SMILES string of the molecule is CCCCCNC(=O)C1CCN(C(=O)c2ccccc2NC(=O)NC(C)C)CC1. The van der Waals surface area contributed by atoms with E-state index >= 15 is 0 Å². The fraction of sp³-hybridized carbons (Fsp3) is 0.591. The summed E-state index contributed by atoms with van der Waals surface area (Å²) in [5, 5.41) is 8.53. The van der Waals surface area contributed by atoms with Gasteiger partial charge in [0.05, 0.1) is 11.3 Å². The van der Waals surface area contributed by atoms with E-state index in [1.807, 2.05) is 13.8 Å². The average Bonchev–Trinajstić information content (AvgIpc) is 2.70. The van der Waals surface area contributed by atoms with Gasteiger partial charge in [0.1, 0.15) is 0 Å². The highest BCUT2D eigenvalue weighted by atomic mass is 16.2. The van der Waals surface area contributed by atoms with E-state index in [-0.39, 0.29) is 29.8 Å². The Morgan fingerprint density at radius 3 is 2.45 bits per heavy atom. The number of likely N-dealkylation sites (tertiary alicyclic amines) is 1. The lowest BCUT2D eigenvalue weighted by Crippen LogP contribution is -2.43. The maximum absolute atomic E-state index is 13.0. The highest BCUT2D eigenvalue weighted by Gasteiger charge is 2.28. The topological polar surface area (TPSA) is 90.5 Å². The molecule has 7 heteroatoms. The number of carbonyl (C=O) groups is 3. The number of urea groups is 1. The van der Waals surface area contributed by atoms with Crippen molar-refractivity contribution in [2.45, 2.75) is 58.9 Å². The second-order valence-electron chi connectivity index (χ2n) is 7.86. The van der Waals surface area contributed by atoms with Crippen LogP contribution in [0.2, 0.25) is 0 Å². The van der Waals surface area contributed by atoms with Gasteiger partial charge in [0.15, 0.2) is 0 Å². The van der Waals surface area contributed by atoms with Crippen molar-refractivity contribution in [2.24, 2.45) is 5.92 Å². The van der Waals surface area contributed by atoms with Crippen LogP contribution in [-0.2, 0) is 4.79 Å². The second kappa shape index (κ2) is 11.4. The summed E-state index contributed by atoms with van der Waals surface area (Å²) in [7, 11) is 0. The van der Waals surface area contributed by atoms with Gasteiger partial charge < -0.3 is 20.9 Å². The van der Waals surface area contributed by atoms with Crippen LogP contribution in [0.5, 0.6) is 0 Å². The first-order valence-corrected chi connectivity index (χ1v) is 10.7. The Bertz CT molecular complexity index is 697. The minimum absolute atomic E-state index is 0.00464. The normalized spacial score (nSPS) is 14.6. The molecule has 4 amide bonds. The predicted molar refractivity (Wildman–Crippen MR) is 115 cm³/mol. The molecule has 1 aliphatic rings. The Balaban J connectivity index is 1.91. The smallest absolute Gasteiger partial charge is 0.319 e. The van der Waals surface area contributed by atoms with Crippen LogP contribution in [0.3, 0.4) is 0 Å². The van der Waals surface area contributed by atoms with Crippen molar-refractivity contribution in [1.82, 2.24) is 15.5 Å². The molecule has 0 unspecified atom stereocenters. The Kier molecular flexibility index (Phi) is 8.96. The molecule has 2 rings (SSSR count). The largest absolute Gasteiger partial charge is 0.356 e. The highest BCUT2D eigenvalue weighted by molar-refractivity contribution is 6.03. The number of carbonyl (C=O) groups excluding carboxylic acids is 3. The molecule has 0 spiro atoms. The number of rotatable bonds is 8. The minimum atomic E-state index is -0.335. The molecule has 1 saturated heterocycles. The van der Waals surface area contributed by atoms with Crippen LogP contribution < -0.4 is 16.0 Å². The van der Waals surface area contributed by atoms with E-state index in [1.165, 1.54) is 0 Å². The average molecular weight is 403 g/mol. The van der Waals surface area contributed by atoms with E-state index in [4.69, 9.17) is 0 Å². The molecule has 1 fully saturated rings. The molecule has 160 valence electrons. The predicted octanol–water partition coefficient (Wildman–Crippen LogP) is 3.38. The zero-order valence-electron chi connectivity index (χ0n) is 17.8. The molecular weight excluding hydrogens is 368 g/mol. The summed E-state index contributed by atoms with van der Waals surface area (Å²) in [6, 6.07) is 6.69. The summed E-state index contributed by atoms with van der Waals surface area (Å²) in [6.07, 6.45) is 4.58. The Morgan fingerprint density at radius 2 is 1.79 bits per heavy atom. The third kappa shape index (κ3) is 7.07. The van der Waals surface area contributed by atoms with Gasteiger partial charge in [-0.05, 0) is 45.2 Å². The number of benzene rings is 1. The van der Waals surface area contributed by atoms with Crippen LogP contribution in [0.1, 0.15) is 63.2 Å². The summed E-state index contributed by atoms with van der Waals surface area (Å²) in [6.45, 7) is 7.70. The monoisotopic (exact) mass is 402 g/mol. The van der Waals surface area contributed by atoms with Crippen molar-refractivity contribution in [3.8, 4) is 0 Å². The van der Waals surface area contributed by atoms with Gasteiger partial charge in [-0.3, -0.25) is 9.59 Å². The molecule has 0 saturated carbocycles. The summed E-state index contributed by atoms with van der Waals surface area (Å²) < 4.78 is 0. The van der Waals surface area contributed by atoms with E-state index in [1.54, 1.807) is 29.2 Å². The van der Waals surface area contributed by atoms with Gasteiger partial charge in [-0.1, -0.05) is 31.9 Å². The fourth-order valence-electron chi connectivity index (χ4n) is 3.45. The number of unbranched alkanes of at least 4 members (excludes halogenated alkanes) is 2. The van der Waals surface area contributed by atoms with Crippen LogP contribution in [0.25, 0.3) is 0 Å². The molecule has 0 radical (unpaired) electrons. The number of hydrogen-bond donors (Lipinski definition) is 3. The first-order chi connectivity index (χ1) is 13.9. The molecule has 1 aromatic rings. The number of anilines is 1. The maximum atomic E-state index is 13.0. The standard InChI is InChI=1S/C22H34N4O3/c1-4-5-8-13-23-20(27)17-11-14-26(15-12-17)21(28)18-9-6-7-10-19(18)25-22(29)24-16(2)3/h6-7,9-10,16-17H,4-5,8,11-15H2,1-3H3,(H,23,27)(H2,24,25,29). The van der Waals surface area contributed by atoms with Crippen LogP contribution in [0.4, 0.5) is 10.5 Å². The number of amides is 4. The van der Waals surface area contributed by atoms with Crippen LogP contribution in [0.15, 0.2) is 24.3 Å². The Labute approximate surface area is 173 Å². The maximum Gasteiger partial charge on any atom is 0.319 e. The highest BCUT2D eigenvalue weighted by Crippen LogP contribution is 2.22. The van der Waals surface area contributed by atoms with E-state index in [0.717, 1.165) is 25.8 Å². The van der Waals surface area contributed by atoms with Gasteiger partial charge in [-0.25, -0.2) is 4.79 Å². The summed E-state index contributed by atoms with van der Waals surface area (Å²) in [5.74, 6) is -0.0567. The Morgan fingerprint density at radius 1 is 1.10 bits per heavy atom. The minimum Gasteiger partial charge on any atom is -0.356 e. The van der Waals surface area contributed by atoms with E-state index in [0.29, 0.717) is 37.2 Å². The van der Waals surface area contributed by atoms with Gasteiger partial charge >= 0.3 is 6.03 Å². The van der Waals surface area contributed by atoms with Crippen LogP contribution >= 0.6 is 0 Å². The molecule has 0 aromatic heterocycles. The quantitative estimate of drug-likeness (QED) is 0.582. The zero-order valence-corrected chi connectivity index (χ0v) is 17.8. The van der Waals surface area contributed by atoms with Crippen molar-refractivity contribution in [2.75, 3.05) is 25.0 Å². The lowest BCUT2D eigenvalue weighted by Gasteiger charge is -2.32. The molecule has 0 bridgehead atoms. The number of para-hydroxylation sites is 1. The molecule has 7 nitrogen and oxygen atoms in total. The second-order valence-corrected chi connectivity index (χ2v) is 7.86. The van der Waals surface area contributed by atoms with Crippen molar-refractivity contribution in [3.05, 3.63) is 29.8 Å². The molecule has 1 aromatic carbocycles. The van der Waals surface area contributed by atoms with E-state index in [9.17, 15) is 14.4 Å². The third-order valence-electron chi connectivity index (χ3n) is 5.06. The van der Waals surface area contributed by atoms with Crippen molar-refractivity contribution >= 4 is 23.5 Å². The fourth-order valence-corrected chi connectivity index (χ4v) is 3.45. The molecule has 1 heterocycles. The summed E-state index contributed by atoms with van der Waals surface area (Å²) >= 11 is 0. The van der Waals surface area contributed by atoms with Gasteiger partial charge in [-0.2, -0.15) is 0 Å². The first kappa shape index (κ1) is 22.7. The first-order valence-electron chi connectivity index (χ1n) is 10.7. The summed E-state index contributed by atoms with van der Waals surface area (Å²) in [4.78, 5) is 39.1.